The van der Waals surface area contributed by atoms with Crippen molar-refractivity contribution >= 4 is 23.0 Å². The van der Waals surface area contributed by atoms with E-state index >= 15 is 0 Å². The van der Waals surface area contributed by atoms with Gasteiger partial charge in [0, 0.05) is 39.0 Å². The summed E-state index contributed by atoms with van der Waals surface area (Å²) < 4.78 is 78.2. The fraction of sp³-hybridized carbons (Fsp3) is 0.667. The second kappa shape index (κ2) is 9.11. The fourth-order valence-electron chi connectivity index (χ4n) is 4.49. The van der Waals surface area contributed by atoms with E-state index in [1.165, 1.54) is 6.07 Å². The smallest absolute Gasteiger partial charge is 0.397 e. The lowest BCUT2D eigenvalue weighted by atomic mass is 9.85. The van der Waals surface area contributed by atoms with Gasteiger partial charge in [0.1, 0.15) is 0 Å². The van der Waals surface area contributed by atoms with Gasteiger partial charge in [0.25, 0.3) is 5.91 Å². The van der Waals surface area contributed by atoms with Gasteiger partial charge in [-0.25, -0.2) is 0 Å². The number of alkyl halides is 6. The molecule has 1 aromatic carbocycles. The molecule has 1 saturated heterocycles. The van der Waals surface area contributed by atoms with E-state index < -0.39 is 48.7 Å². The van der Waals surface area contributed by atoms with Crippen molar-refractivity contribution in [2.24, 2.45) is 5.92 Å². The minimum Gasteiger partial charge on any atom is -0.397 e. The number of aliphatic hydroxyl groups is 1. The van der Waals surface area contributed by atoms with Crippen molar-refractivity contribution in [3.8, 4) is 0 Å². The first-order valence-electron chi connectivity index (χ1n) is 10.8. The van der Waals surface area contributed by atoms with Gasteiger partial charge in [0.05, 0.1) is 28.5 Å². The van der Waals surface area contributed by atoms with Crippen LogP contribution in [0.25, 0.3) is 0 Å². The first-order valence-corrected chi connectivity index (χ1v) is 10.8. The molecule has 0 atom stereocenters. The molecule has 186 valence electrons. The third-order valence-electron chi connectivity index (χ3n) is 6.67. The molecule has 0 spiro atoms. The van der Waals surface area contributed by atoms with Crippen LogP contribution >= 0.6 is 0 Å². The van der Waals surface area contributed by atoms with E-state index in [0.717, 1.165) is 0 Å². The monoisotopic (exact) mass is 482 g/mol. The third-order valence-corrected chi connectivity index (χ3v) is 6.67. The van der Waals surface area contributed by atoms with Crippen LogP contribution in [-0.4, -0.2) is 55.1 Å². The fourth-order valence-corrected chi connectivity index (χ4v) is 4.49. The molecule has 1 heterocycles. The Morgan fingerprint density at radius 1 is 1.09 bits per heavy atom. The Morgan fingerprint density at radius 2 is 1.67 bits per heavy atom. The Morgan fingerprint density at radius 3 is 2.15 bits per heavy atom. The summed E-state index contributed by atoms with van der Waals surface area (Å²) >= 11 is 0. The first kappa shape index (κ1) is 25.3. The van der Waals surface area contributed by atoms with Gasteiger partial charge in [0.15, 0.2) is 5.60 Å². The van der Waals surface area contributed by atoms with Gasteiger partial charge in [-0.15, -0.1) is 0 Å². The van der Waals surface area contributed by atoms with Crippen LogP contribution in [0.5, 0.6) is 0 Å². The number of piperidine rings is 1. The molecule has 0 radical (unpaired) electrons. The van der Waals surface area contributed by atoms with E-state index in [1.54, 1.807) is 18.0 Å². The number of amides is 1. The maximum Gasteiger partial charge on any atom is 0.417 e. The van der Waals surface area contributed by atoms with E-state index in [9.17, 15) is 36.2 Å². The normalized spacial score (nSPS) is 23.8. The third kappa shape index (κ3) is 5.42. The Labute approximate surface area is 187 Å². The van der Waals surface area contributed by atoms with Crippen LogP contribution in [0.2, 0.25) is 0 Å². The van der Waals surface area contributed by atoms with Gasteiger partial charge < -0.3 is 26.4 Å². The van der Waals surface area contributed by atoms with Gasteiger partial charge in [-0.2, -0.15) is 26.3 Å². The van der Waals surface area contributed by atoms with Gasteiger partial charge >= 0.3 is 12.4 Å². The van der Waals surface area contributed by atoms with Crippen LogP contribution in [-0.2, 0) is 0 Å². The van der Waals surface area contributed by atoms with Crippen molar-refractivity contribution in [1.29, 1.82) is 0 Å². The van der Waals surface area contributed by atoms with Crippen molar-refractivity contribution in [2.45, 2.75) is 62.5 Å². The van der Waals surface area contributed by atoms with Crippen LogP contribution < -0.4 is 21.3 Å². The molecule has 0 unspecified atom stereocenters. The lowest BCUT2D eigenvalue weighted by Gasteiger charge is -2.40. The Hall–Kier alpha value is -2.37. The maximum atomic E-state index is 13.2. The number of carbonyl (C=O) groups is 1. The van der Waals surface area contributed by atoms with Crippen LogP contribution in [0.4, 0.5) is 43.4 Å². The number of nitrogen functional groups attached to an aromatic ring is 1. The highest BCUT2D eigenvalue weighted by atomic mass is 19.4. The molecule has 1 aromatic rings. The molecule has 2 aliphatic rings. The summed E-state index contributed by atoms with van der Waals surface area (Å²) in [5.41, 5.74) is 4.40. The summed E-state index contributed by atoms with van der Waals surface area (Å²) in [6.45, 7) is -0.278. The van der Waals surface area contributed by atoms with Gasteiger partial charge in [0.2, 0.25) is 0 Å². The summed E-state index contributed by atoms with van der Waals surface area (Å²) in [7, 11) is 1.60. The zero-order chi connectivity index (χ0) is 24.6. The number of hydrogen-bond donors (Lipinski definition) is 4. The minimum absolute atomic E-state index is 0.0791. The molecule has 3 rings (SSSR count). The zero-order valence-corrected chi connectivity index (χ0v) is 18.1. The molecular formula is C21H28F6N4O2. The summed E-state index contributed by atoms with van der Waals surface area (Å²) in [6.07, 6.45) is -9.93. The summed E-state index contributed by atoms with van der Waals surface area (Å²) in [6, 6.07) is 2.52. The summed E-state index contributed by atoms with van der Waals surface area (Å²) in [5, 5.41) is 15.6. The lowest BCUT2D eigenvalue weighted by Crippen LogP contribution is -2.53. The van der Waals surface area contributed by atoms with Gasteiger partial charge in [-0.1, -0.05) is 0 Å². The molecule has 1 aliphatic heterocycles. The maximum absolute atomic E-state index is 13.2. The van der Waals surface area contributed by atoms with Crippen molar-refractivity contribution < 1.29 is 36.2 Å². The molecule has 1 amide bonds. The number of hydrogen-bond acceptors (Lipinski definition) is 5. The van der Waals surface area contributed by atoms with E-state index in [0.29, 0.717) is 11.4 Å². The highest BCUT2D eigenvalue weighted by molar-refractivity contribution is 6.02. The summed E-state index contributed by atoms with van der Waals surface area (Å²) in [4.78, 5) is 14.6. The average Bonchev–Trinajstić information content (AvgIpc) is 2.73. The Kier molecular flexibility index (Phi) is 6.97. The standard InChI is InChI=1S/C21H28F6N4O2/c1-29-16-11-17(31-8-6-19(33,7-9-31)21(25,26)27)14(10-15(16)28)18(32)30-13-4-2-12(3-5-13)20(22,23)24/h10-13,29,33H,2-9,28H2,1H3,(H,30,32). The molecular weight excluding hydrogens is 454 g/mol. The van der Waals surface area contributed by atoms with Crippen LogP contribution in [0.1, 0.15) is 48.9 Å². The van der Waals surface area contributed by atoms with E-state index in [-0.39, 0.29) is 50.0 Å². The minimum atomic E-state index is -4.76. The van der Waals surface area contributed by atoms with Crippen molar-refractivity contribution in [1.82, 2.24) is 5.32 Å². The number of halogens is 6. The van der Waals surface area contributed by atoms with Crippen molar-refractivity contribution in [3.63, 3.8) is 0 Å². The molecule has 2 fully saturated rings. The lowest BCUT2D eigenvalue weighted by molar-refractivity contribution is -0.266. The molecule has 1 aliphatic carbocycles. The molecule has 6 nitrogen and oxygen atoms in total. The van der Waals surface area contributed by atoms with Crippen LogP contribution in [0.3, 0.4) is 0 Å². The second-order valence-electron chi connectivity index (χ2n) is 8.79. The number of benzene rings is 1. The highest BCUT2D eigenvalue weighted by Crippen LogP contribution is 2.41. The summed E-state index contributed by atoms with van der Waals surface area (Å²) in [5.74, 6) is -1.93. The number of rotatable bonds is 4. The topological polar surface area (TPSA) is 90.6 Å². The molecule has 0 bridgehead atoms. The largest absolute Gasteiger partial charge is 0.417 e. The second-order valence-corrected chi connectivity index (χ2v) is 8.79. The van der Waals surface area contributed by atoms with Gasteiger partial charge in [-0.3, -0.25) is 4.79 Å². The van der Waals surface area contributed by atoms with Gasteiger partial charge in [-0.05, 0) is 37.8 Å². The van der Waals surface area contributed by atoms with Crippen LogP contribution in [0, 0.1) is 5.92 Å². The zero-order valence-electron chi connectivity index (χ0n) is 18.1. The van der Waals surface area contributed by atoms with E-state index in [4.69, 9.17) is 5.73 Å². The highest BCUT2D eigenvalue weighted by Gasteiger charge is 2.54. The number of nitrogens with one attached hydrogen (secondary N) is 2. The molecule has 33 heavy (non-hydrogen) atoms. The van der Waals surface area contributed by atoms with E-state index in [1.807, 2.05) is 0 Å². The van der Waals surface area contributed by atoms with Crippen molar-refractivity contribution in [3.05, 3.63) is 17.7 Å². The number of nitrogens with zero attached hydrogens (tertiary/aromatic N) is 1. The molecule has 1 saturated carbocycles. The first-order chi connectivity index (χ1) is 15.2. The molecule has 0 aromatic heterocycles. The average molecular weight is 482 g/mol. The quantitative estimate of drug-likeness (QED) is 0.384. The predicted molar refractivity (Wildman–Crippen MR) is 112 cm³/mol. The number of nitrogens with two attached hydrogens (primary N) is 1. The Balaban J connectivity index is 1.77. The van der Waals surface area contributed by atoms with Crippen LogP contribution in [0.15, 0.2) is 12.1 Å². The number of carbonyl (C=O) groups excluding carboxylic acids is 1. The molecule has 12 heteroatoms. The van der Waals surface area contributed by atoms with E-state index in [2.05, 4.69) is 10.6 Å². The predicted octanol–water partition coefficient (Wildman–Crippen LogP) is 4.06. The molecule has 5 N–H and O–H groups in total. The van der Waals surface area contributed by atoms with Crippen molar-refractivity contribution in [2.75, 3.05) is 36.1 Å². The Bertz CT molecular complexity index is 858. The number of anilines is 3. The SMILES string of the molecule is CNc1cc(N2CCC(O)(C(F)(F)F)CC2)c(C(=O)NC2CCC(C(F)(F)F)CC2)cc1N.